The minimum atomic E-state index is -4.45. The number of rotatable bonds is 3. The molecule has 6 heteroatoms. The van der Waals surface area contributed by atoms with Crippen LogP contribution in [0.25, 0.3) is 0 Å². The Hall–Kier alpha value is -1.56. The van der Waals surface area contributed by atoms with Crippen molar-refractivity contribution in [2.45, 2.75) is 38.0 Å². The summed E-state index contributed by atoms with van der Waals surface area (Å²) in [6.07, 6.45) is -1.64. The predicted molar refractivity (Wildman–Crippen MR) is 71.7 cm³/mol. The van der Waals surface area contributed by atoms with Gasteiger partial charge in [-0.05, 0) is 49.8 Å². The van der Waals surface area contributed by atoms with Crippen molar-refractivity contribution in [2.75, 3.05) is 6.54 Å². The van der Waals surface area contributed by atoms with Crippen molar-refractivity contribution in [2.24, 2.45) is 5.92 Å². The van der Waals surface area contributed by atoms with Crippen molar-refractivity contribution in [3.05, 3.63) is 35.4 Å². The first-order valence-corrected chi connectivity index (χ1v) is 7.00. The Morgan fingerprint density at radius 2 is 1.90 bits per heavy atom. The van der Waals surface area contributed by atoms with Crippen LogP contribution in [0.1, 0.15) is 41.6 Å². The summed E-state index contributed by atoms with van der Waals surface area (Å²) in [7, 11) is 0. The quantitative estimate of drug-likeness (QED) is 0.901. The van der Waals surface area contributed by atoms with Gasteiger partial charge in [-0.3, -0.25) is 4.79 Å². The second-order valence-corrected chi connectivity index (χ2v) is 5.46. The molecule has 0 aromatic heterocycles. The molecule has 0 radical (unpaired) electrons. The van der Waals surface area contributed by atoms with Gasteiger partial charge in [-0.15, -0.1) is 0 Å². The number of hydrogen-bond acceptors (Lipinski definition) is 2. The smallest absolute Gasteiger partial charge is 0.393 e. The van der Waals surface area contributed by atoms with E-state index in [1.165, 1.54) is 12.1 Å². The lowest BCUT2D eigenvalue weighted by Gasteiger charge is -2.25. The molecular weight excluding hydrogens is 283 g/mol. The standard InChI is InChI=1S/C15H18F3NO2/c16-15(17,18)12-3-1-2-11(8-12)14(21)19-9-10-4-6-13(20)7-5-10/h1-3,8,10,13,20H,4-7,9H2,(H,19,21). The first kappa shape index (κ1) is 15.8. The van der Waals surface area contributed by atoms with Crippen LogP contribution in [0, 0.1) is 5.92 Å². The summed E-state index contributed by atoms with van der Waals surface area (Å²) in [5, 5.41) is 12.1. The number of carbonyl (C=O) groups is 1. The Morgan fingerprint density at radius 3 is 2.52 bits per heavy atom. The maximum absolute atomic E-state index is 12.6. The van der Waals surface area contributed by atoms with Gasteiger partial charge in [0, 0.05) is 12.1 Å². The number of aliphatic hydroxyl groups excluding tert-OH is 1. The van der Waals surface area contributed by atoms with Crippen LogP contribution < -0.4 is 5.32 Å². The minimum absolute atomic E-state index is 0.0145. The Balaban J connectivity index is 1.91. The van der Waals surface area contributed by atoms with Crippen LogP contribution in [-0.2, 0) is 6.18 Å². The zero-order valence-electron chi connectivity index (χ0n) is 11.5. The molecule has 0 aliphatic heterocycles. The van der Waals surface area contributed by atoms with E-state index in [9.17, 15) is 23.1 Å². The van der Waals surface area contributed by atoms with E-state index in [1.807, 2.05) is 0 Å². The van der Waals surface area contributed by atoms with E-state index >= 15 is 0 Å². The summed E-state index contributed by atoms with van der Waals surface area (Å²) in [6, 6.07) is 4.41. The SMILES string of the molecule is O=C(NCC1CCC(O)CC1)c1cccc(C(F)(F)F)c1. The molecule has 2 N–H and O–H groups in total. The first-order chi connectivity index (χ1) is 9.86. The van der Waals surface area contributed by atoms with Gasteiger partial charge < -0.3 is 10.4 Å². The lowest BCUT2D eigenvalue weighted by Crippen LogP contribution is -2.32. The fourth-order valence-electron chi connectivity index (χ4n) is 2.52. The lowest BCUT2D eigenvalue weighted by molar-refractivity contribution is -0.137. The van der Waals surface area contributed by atoms with Crippen LogP contribution in [0.4, 0.5) is 13.2 Å². The Labute approximate surface area is 121 Å². The van der Waals surface area contributed by atoms with Crippen molar-refractivity contribution in [1.82, 2.24) is 5.32 Å². The number of alkyl halides is 3. The van der Waals surface area contributed by atoms with E-state index < -0.39 is 17.6 Å². The summed E-state index contributed by atoms with van der Waals surface area (Å²) >= 11 is 0. The molecule has 3 nitrogen and oxygen atoms in total. The summed E-state index contributed by atoms with van der Waals surface area (Å²) < 4.78 is 37.8. The van der Waals surface area contributed by atoms with Gasteiger partial charge in [-0.1, -0.05) is 6.07 Å². The molecule has 0 atom stereocenters. The molecule has 0 heterocycles. The average molecular weight is 301 g/mol. The van der Waals surface area contributed by atoms with Crippen molar-refractivity contribution in [3.8, 4) is 0 Å². The van der Waals surface area contributed by atoms with Crippen molar-refractivity contribution in [3.63, 3.8) is 0 Å². The normalized spacial score (nSPS) is 22.9. The number of halogens is 3. The fourth-order valence-corrected chi connectivity index (χ4v) is 2.52. The van der Waals surface area contributed by atoms with Crippen LogP contribution in [0.15, 0.2) is 24.3 Å². The fraction of sp³-hybridized carbons (Fsp3) is 0.533. The Bertz CT molecular complexity index is 494. The van der Waals surface area contributed by atoms with Crippen molar-refractivity contribution in [1.29, 1.82) is 0 Å². The first-order valence-electron chi connectivity index (χ1n) is 7.00. The zero-order valence-corrected chi connectivity index (χ0v) is 11.5. The van der Waals surface area contributed by atoms with E-state index in [0.29, 0.717) is 19.4 Å². The topological polar surface area (TPSA) is 49.3 Å². The van der Waals surface area contributed by atoms with E-state index in [2.05, 4.69) is 5.32 Å². The molecule has 1 fully saturated rings. The van der Waals surface area contributed by atoms with Crippen molar-refractivity contribution < 1.29 is 23.1 Å². The van der Waals surface area contributed by atoms with Gasteiger partial charge >= 0.3 is 6.18 Å². The van der Waals surface area contributed by atoms with Gasteiger partial charge in [-0.2, -0.15) is 13.2 Å². The number of amides is 1. The van der Waals surface area contributed by atoms with E-state index in [0.717, 1.165) is 25.0 Å². The molecule has 0 bridgehead atoms. The van der Waals surface area contributed by atoms with Gasteiger partial charge in [0.1, 0.15) is 0 Å². The minimum Gasteiger partial charge on any atom is -0.393 e. The molecule has 0 saturated heterocycles. The highest BCUT2D eigenvalue weighted by Gasteiger charge is 2.31. The molecule has 1 aromatic carbocycles. The van der Waals surface area contributed by atoms with Gasteiger partial charge in [0.15, 0.2) is 0 Å². The maximum Gasteiger partial charge on any atom is 0.416 e. The summed E-state index contributed by atoms with van der Waals surface area (Å²) in [6.45, 7) is 0.432. The van der Waals surface area contributed by atoms with Crippen LogP contribution in [-0.4, -0.2) is 23.7 Å². The lowest BCUT2D eigenvalue weighted by atomic mass is 9.87. The molecule has 1 aliphatic carbocycles. The average Bonchev–Trinajstić information content (AvgIpc) is 2.45. The second kappa shape index (κ2) is 6.47. The third-order valence-electron chi connectivity index (χ3n) is 3.82. The summed E-state index contributed by atoms with van der Waals surface area (Å²) in [4.78, 5) is 11.9. The summed E-state index contributed by atoms with van der Waals surface area (Å²) in [5.74, 6) is -0.213. The molecule has 0 spiro atoms. The highest BCUT2D eigenvalue weighted by molar-refractivity contribution is 5.94. The van der Waals surface area contributed by atoms with E-state index in [4.69, 9.17) is 0 Å². The number of carbonyl (C=O) groups excluding carboxylic acids is 1. The zero-order chi connectivity index (χ0) is 15.5. The van der Waals surface area contributed by atoms with Gasteiger partial charge in [-0.25, -0.2) is 0 Å². The molecule has 0 unspecified atom stereocenters. The Kier molecular flexibility index (Phi) is 4.88. The highest BCUT2D eigenvalue weighted by Crippen LogP contribution is 2.29. The van der Waals surface area contributed by atoms with Crippen LogP contribution in [0.2, 0.25) is 0 Å². The highest BCUT2D eigenvalue weighted by atomic mass is 19.4. The molecule has 1 saturated carbocycles. The largest absolute Gasteiger partial charge is 0.416 e. The number of benzene rings is 1. The Morgan fingerprint density at radius 1 is 1.24 bits per heavy atom. The van der Waals surface area contributed by atoms with Gasteiger partial charge in [0.25, 0.3) is 5.91 Å². The summed E-state index contributed by atoms with van der Waals surface area (Å²) in [5.41, 5.74) is -0.809. The molecule has 116 valence electrons. The van der Waals surface area contributed by atoms with Gasteiger partial charge in [0.05, 0.1) is 11.7 Å². The monoisotopic (exact) mass is 301 g/mol. The van der Waals surface area contributed by atoms with E-state index in [-0.39, 0.29) is 17.6 Å². The number of aliphatic hydroxyl groups is 1. The molecular formula is C15H18F3NO2. The number of nitrogens with one attached hydrogen (secondary N) is 1. The number of hydrogen-bond donors (Lipinski definition) is 2. The molecule has 1 aromatic rings. The molecule has 21 heavy (non-hydrogen) atoms. The van der Waals surface area contributed by atoms with E-state index in [1.54, 1.807) is 0 Å². The van der Waals surface area contributed by atoms with Crippen molar-refractivity contribution >= 4 is 5.91 Å². The van der Waals surface area contributed by atoms with Gasteiger partial charge in [0.2, 0.25) is 0 Å². The third kappa shape index (κ3) is 4.46. The predicted octanol–water partition coefficient (Wildman–Crippen LogP) is 2.99. The second-order valence-electron chi connectivity index (χ2n) is 5.46. The van der Waals surface area contributed by atoms with Crippen LogP contribution in [0.5, 0.6) is 0 Å². The maximum atomic E-state index is 12.6. The van der Waals surface area contributed by atoms with Crippen LogP contribution >= 0.6 is 0 Å². The molecule has 1 aliphatic rings. The van der Waals surface area contributed by atoms with Crippen LogP contribution in [0.3, 0.4) is 0 Å². The molecule has 1 amide bonds. The molecule has 2 rings (SSSR count). The third-order valence-corrected chi connectivity index (χ3v) is 3.82.